The zero-order valence-electron chi connectivity index (χ0n) is 10.7. The molecule has 0 N–H and O–H groups in total. The molecule has 0 amide bonds. The third kappa shape index (κ3) is 2.88. The second kappa shape index (κ2) is 5.46. The predicted molar refractivity (Wildman–Crippen MR) is 71.7 cm³/mol. The van der Waals surface area contributed by atoms with Crippen LogP contribution in [-0.2, 0) is 9.84 Å². The van der Waals surface area contributed by atoms with Gasteiger partial charge in [-0.2, -0.15) is 0 Å². The van der Waals surface area contributed by atoms with Gasteiger partial charge in [-0.05, 0) is 36.8 Å². The second-order valence-electron chi connectivity index (χ2n) is 4.38. The lowest BCUT2D eigenvalue weighted by Gasteiger charge is -2.12. The fourth-order valence-corrected chi connectivity index (χ4v) is 3.61. The molecule has 2 rings (SSSR count). The van der Waals surface area contributed by atoms with Crippen molar-refractivity contribution >= 4 is 9.84 Å². The van der Waals surface area contributed by atoms with Crippen molar-refractivity contribution in [1.82, 2.24) is 0 Å². The van der Waals surface area contributed by atoms with E-state index < -0.39 is 26.6 Å². The summed E-state index contributed by atoms with van der Waals surface area (Å²) < 4.78 is 30.2. The molecule has 1 atom stereocenters. The highest BCUT2D eigenvalue weighted by molar-refractivity contribution is 7.91. The maximum atomic E-state index is 12.6. The van der Waals surface area contributed by atoms with E-state index in [2.05, 4.69) is 0 Å². The van der Waals surface area contributed by atoms with E-state index in [4.69, 9.17) is 4.42 Å². The van der Waals surface area contributed by atoms with E-state index in [0.717, 1.165) is 5.56 Å². The van der Waals surface area contributed by atoms with Crippen molar-refractivity contribution in [2.45, 2.75) is 17.1 Å². The molecule has 0 radical (unpaired) electrons. The Morgan fingerprint density at radius 2 is 2.05 bits per heavy atom. The lowest BCUT2D eigenvalue weighted by atomic mass is 10.2. The number of benzene rings is 1. The number of nitro groups is 1. The molecule has 0 aliphatic carbocycles. The molecule has 0 spiro atoms. The predicted octanol–water partition coefficient (Wildman–Crippen LogP) is 2.38. The van der Waals surface area contributed by atoms with Crippen molar-refractivity contribution in [1.29, 1.82) is 0 Å². The van der Waals surface area contributed by atoms with Crippen molar-refractivity contribution in [2.24, 2.45) is 0 Å². The summed E-state index contributed by atoms with van der Waals surface area (Å²) in [7, 11) is -3.88. The minimum atomic E-state index is -3.88. The Hall–Kier alpha value is -2.15. The van der Waals surface area contributed by atoms with Gasteiger partial charge in [-0.25, -0.2) is 8.42 Å². The highest BCUT2D eigenvalue weighted by Crippen LogP contribution is 2.29. The normalized spacial score (nSPS) is 13.1. The average molecular weight is 295 g/mol. The molecule has 0 fully saturated rings. The smallest absolute Gasteiger partial charge is 0.228 e. The Morgan fingerprint density at radius 3 is 2.60 bits per heavy atom. The van der Waals surface area contributed by atoms with Gasteiger partial charge in [-0.15, -0.1) is 0 Å². The Kier molecular flexibility index (Phi) is 3.89. The largest absolute Gasteiger partial charge is 0.468 e. The van der Waals surface area contributed by atoms with Crippen molar-refractivity contribution < 1.29 is 17.8 Å². The highest BCUT2D eigenvalue weighted by Gasteiger charge is 2.35. The van der Waals surface area contributed by atoms with Crippen LogP contribution in [0.3, 0.4) is 0 Å². The summed E-state index contributed by atoms with van der Waals surface area (Å²) in [6, 6.07) is 9.22. The summed E-state index contributed by atoms with van der Waals surface area (Å²) in [5.74, 6) is 0.0724. The van der Waals surface area contributed by atoms with Gasteiger partial charge in [0, 0.05) is 4.92 Å². The van der Waals surface area contributed by atoms with E-state index in [-0.39, 0.29) is 10.7 Å². The Morgan fingerprint density at radius 1 is 1.30 bits per heavy atom. The van der Waals surface area contributed by atoms with Gasteiger partial charge in [-0.3, -0.25) is 10.1 Å². The van der Waals surface area contributed by atoms with E-state index in [0.29, 0.717) is 0 Å². The molecule has 1 aromatic heterocycles. The number of hydrogen-bond donors (Lipinski definition) is 0. The zero-order chi connectivity index (χ0) is 14.8. The minimum Gasteiger partial charge on any atom is -0.468 e. The van der Waals surface area contributed by atoms with Crippen LogP contribution < -0.4 is 0 Å². The van der Waals surface area contributed by atoms with Crippen molar-refractivity contribution in [3.8, 4) is 0 Å². The summed E-state index contributed by atoms with van der Waals surface area (Å²) in [6.07, 6.45) is 1.30. The molecule has 0 aliphatic rings. The van der Waals surface area contributed by atoms with Crippen molar-refractivity contribution in [3.63, 3.8) is 0 Å². The SMILES string of the molecule is Cc1cccc(S(=O)(=O)[C@H](C[N+](=O)[O-])c2ccco2)c1. The monoisotopic (exact) mass is 295 g/mol. The van der Waals surface area contributed by atoms with E-state index in [9.17, 15) is 18.5 Å². The zero-order valence-corrected chi connectivity index (χ0v) is 11.5. The van der Waals surface area contributed by atoms with Gasteiger partial charge >= 0.3 is 0 Å². The van der Waals surface area contributed by atoms with Crippen LogP contribution in [0.15, 0.2) is 52.0 Å². The third-order valence-electron chi connectivity index (χ3n) is 2.87. The third-order valence-corrected chi connectivity index (χ3v) is 4.91. The molecule has 1 aromatic carbocycles. The number of sulfone groups is 1. The Balaban J connectivity index is 2.50. The van der Waals surface area contributed by atoms with Crippen LogP contribution in [0.4, 0.5) is 0 Å². The van der Waals surface area contributed by atoms with Crippen LogP contribution in [0.25, 0.3) is 0 Å². The van der Waals surface area contributed by atoms with E-state index in [1.54, 1.807) is 19.1 Å². The van der Waals surface area contributed by atoms with Gasteiger partial charge in [-0.1, -0.05) is 12.1 Å². The summed E-state index contributed by atoms with van der Waals surface area (Å²) in [4.78, 5) is 10.2. The van der Waals surface area contributed by atoms with Crippen molar-refractivity contribution in [3.05, 3.63) is 64.1 Å². The van der Waals surface area contributed by atoms with Crippen LogP contribution in [-0.4, -0.2) is 19.9 Å². The first-order chi connectivity index (χ1) is 9.41. The number of aryl methyl sites for hydroxylation is 1. The number of rotatable bonds is 5. The number of nitrogens with zero attached hydrogens (tertiary/aromatic N) is 1. The molecular formula is C13H13NO5S. The van der Waals surface area contributed by atoms with Crippen LogP contribution >= 0.6 is 0 Å². The Bertz CT molecular complexity index is 706. The molecule has 0 saturated carbocycles. The van der Waals surface area contributed by atoms with E-state index in [1.165, 1.54) is 30.5 Å². The second-order valence-corrected chi connectivity index (χ2v) is 6.51. The van der Waals surface area contributed by atoms with Crippen LogP contribution in [0.1, 0.15) is 16.6 Å². The number of hydrogen-bond acceptors (Lipinski definition) is 5. The lowest BCUT2D eigenvalue weighted by Crippen LogP contribution is -2.21. The first-order valence-electron chi connectivity index (χ1n) is 5.87. The molecule has 20 heavy (non-hydrogen) atoms. The van der Waals surface area contributed by atoms with Gasteiger partial charge in [0.05, 0.1) is 11.2 Å². The van der Waals surface area contributed by atoms with Crippen LogP contribution in [0, 0.1) is 17.0 Å². The van der Waals surface area contributed by atoms with Gasteiger partial charge in [0.25, 0.3) is 0 Å². The molecule has 1 heterocycles. The molecular weight excluding hydrogens is 282 g/mol. The van der Waals surface area contributed by atoms with E-state index >= 15 is 0 Å². The van der Waals surface area contributed by atoms with Gasteiger partial charge in [0.2, 0.25) is 6.54 Å². The molecule has 0 aliphatic heterocycles. The molecule has 7 heteroatoms. The molecule has 0 unspecified atom stereocenters. The first-order valence-corrected chi connectivity index (χ1v) is 7.41. The molecule has 0 bridgehead atoms. The topological polar surface area (TPSA) is 90.4 Å². The summed E-state index contributed by atoms with van der Waals surface area (Å²) in [6.45, 7) is 1.03. The fraction of sp³-hybridized carbons (Fsp3) is 0.231. The van der Waals surface area contributed by atoms with Crippen molar-refractivity contribution in [2.75, 3.05) is 6.54 Å². The van der Waals surface area contributed by atoms with Crippen LogP contribution in [0.2, 0.25) is 0 Å². The molecule has 6 nitrogen and oxygen atoms in total. The molecule has 106 valence electrons. The van der Waals surface area contributed by atoms with Gasteiger partial charge in [0.15, 0.2) is 15.1 Å². The summed E-state index contributed by atoms with van der Waals surface area (Å²) >= 11 is 0. The van der Waals surface area contributed by atoms with Gasteiger partial charge < -0.3 is 4.42 Å². The first kappa shape index (κ1) is 14.3. The average Bonchev–Trinajstić information content (AvgIpc) is 2.89. The minimum absolute atomic E-state index is 0.0563. The molecule has 2 aromatic rings. The maximum Gasteiger partial charge on any atom is 0.228 e. The fourth-order valence-electron chi connectivity index (χ4n) is 1.91. The lowest BCUT2D eigenvalue weighted by molar-refractivity contribution is -0.480. The Labute approximate surface area is 116 Å². The quantitative estimate of drug-likeness (QED) is 0.624. The molecule has 0 saturated heterocycles. The summed E-state index contributed by atoms with van der Waals surface area (Å²) in [5, 5.41) is 9.42. The number of furan rings is 1. The van der Waals surface area contributed by atoms with E-state index in [1.807, 2.05) is 0 Å². The standard InChI is InChI=1S/C13H13NO5S/c1-10-4-2-5-11(8-10)20(17,18)13(9-14(15)16)12-6-3-7-19-12/h2-8,13H,9H2,1H3/t13-/m1/s1. The summed E-state index contributed by atoms with van der Waals surface area (Å²) in [5.41, 5.74) is 0.769. The highest BCUT2D eigenvalue weighted by atomic mass is 32.2. The van der Waals surface area contributed by atoms with Gasteiger partial charge in [0.1, 0.15) is 5.76 Å². The maximum absolute atomic E-state index is 12.6. The van der Waals surface area contributed by atoms with Crippen LogP contribution in [0.5, 0.6) is 0 Å².